The van der Waals surface area contributed by atoms with Crippen LogP contribution in [0.15, 0.2) is 59.5 Å². The fourth-order valence-electron chi connectivity index (χ4n) is 2.29. The molecule has 0 bridgehead atoms. The minimum atomic E-state index is -3.59. The van der Waals surface area contributed by atoms with Crippen LogP contribution in [0, 0.1) is 10.1 Å². The Hall–Kier alpha value is -3.15. The van der Waals surface area contributed by atoms with Crippen molar-refractivity contribution in [3.63, 3.8) is 0 Å². The molecule has 2 aromatic carbocycles. The first-order valence-corrected chi connectivity index (χ1v) is 10.6. The number of nitro benzene ring substituents is 1. The van der Waals surface area contributed by atoms with Crippen LogP contribution in [-0.4, -0.2) is 30.4 Å². The third-order valence-electron chi connectivity index (χ3n) is 3.58. The molecule has 0 saturated carbocycles. The van der Waals surface area contributed by atoms with E-state index in [1.165, 1.54) is 60.7 Å². The summed E-state index contributed by atoms with van der Waals surface area (Å²) in [6, 6.07) is 11.4. The third-order valence-corrected chi connectivity index (χ3v) is 5.46. The van der Waals surface area contributed by atoms with Gasteiger partial charge < -0.3 is 5.32 Å². The van der Waals surface area contributed by atoms with Crippen LogP contribution in [0.2, 0.25) is 0 Å². The topological polar surface area (TPSA) is 130 Å². The number of nitrogens with zero attached hydrogens (tertiary/aromatic N) is 1. The maximum absolute atomic E-state index is 12.1. The molecule has 30 heavy (non-hydrogen) atoms. The molecule has 0 aliphatic carbocycles. The molecule has 9 nitrogen and oxygen atoms in total. The Morgan fingerprint density at radius 2 is 1.70 bits per heavy atom. The van der Waals surface area contributed by atoms with Crippen molar-refractivity contribution in [1.82, 2.24) is 10.0 Å². The summed E-state index contributed by atoms with van der Waals surface area (Å²) in [7, 11) is -3.59. The molecule has 1 amide bonds. The van der Waals surface area contributed by atoms with Gasteiger partial charge in [0.25, 0.3) is 5.69 Å². The molecule has 11 heteroatoms. The number of carbonyl (C=O) groups is 1. The normalized spacial score (nSPS) is 11.4. The lowest BCUT2D eigenvalue weighted by atomic mass is 10.2. The minimum Gasteiger partial charge on any atom is -0.332 e. The third kappa shape index (κ3) is 7.03. The van der Waals surface area contributed by atoms with Gasteiger partial charge in [-0.1, -0.05) is 0 Å². The van der Waals surface area contributed by atoms with Gasteiger partial charge in [-0.05, 0) is 74.1 Å². The van der Waals surface area contributed by atoms with Gasteiger partial charge in [-0.3, -0.25) is 20.2 Å². The van der Waals surface area contributed by atoms with Gasteiger partial charge in [-0.25, -0.2) is 13.1 Å². The Labute approximate surface area is 179 Å². The van der Waals surface area contributed by atoms with Gasteiger partial charge in [0.05, 0.1) is 9.82 Å². The lowest BCUT2D eigenvalue weighted by Crippen LogP contribution is -2.33. The Balaban J connectivity index is 1.92. The zero-order valence-corrected chi connectivity index (χ0v) is 17.8. The predicted octanol–water partition coefficient (Wildman–Crippen LogP) is 2.81. The molecule has 0 fully saturated rings. The minimum absolute atomic E-state index is 0.0317. The molecule has 2 rings (SSSR count). The van der Waals surface area contributed by atoms with Crippen LogP contribution >= 0.6 is 12.2 Å². The van der Waals surface area contributed by atoms with Crippen molar-refractivity contribution in [2.75, 3.05) is 5.32 Å². The number of amides is 1. The lowest BCUT2D eigenvalue weighted by Gasteiger charge is -2.11. The highest BCUT2D eigenvalue weighted by Crippen LogP contribution is 2.15. The van der Waals surface area contributed by atoms with Crippen molar-refractivity contribution in [3.8, 4) is 0 Å². The molecule has 0 spiro atoms. The number of nitro groups is 1. The van der Waals surface area contributed by atoms with E-state index in [-0.39, 0.29) is 21.7 Å². The zero-order valence-electron chi connectivity index (χ0n) is 16.2. The van der Waals surface area contributed by atoms with E-state index in [1.807, 2.05) is 0 Å². The van der Waals surface area contributed by atoms with Crippen LogP contribution in [0.25, 0.3) is 6.08 Å². The van der Waals surface area contributed by atoms with E-state index in [4.69, 9.17) is 12.2 Å². The van der Waals surface area contributed by atoms with Crippen molar-refractivity contribution in [1.29, 1.82) is 0 Å². The number of anilines is 1. The number of nitrogens with one attached hydrogen (secondary N) is 3. The summed E-state index contributed by atoms with van der Waals surface area (Å²) in [5.41, 5.74) is 1.07. The van der Waals surface area contributed by atoms with Crippen LogP contribution in [0.4, 0.5) is 11.4 Å². The molecular formula is C19H20N4O5S2. The number of thiocarbonyl (C=S) groups is 1. The number of benzene rings is 2. The number of rotatable bonds is 7. The molecule has 0 saturated heterocycles. The largest absolute Gasteiger partial charge is 0.332 e. The molecule has 158 valence electrons. The summed E-state index contributed by atoms with van der Waals surface area (Å²) in [6.45, 7) is 3.45. The van der Waals surface area contributed by atoms with Crippen molar-refractivity contribution in [3.05, 3.63) is 70.3 Å². The summed E-state index contributed by atoms with van der Waals surface area (Å²) >= 11 is 5.07. The van der Waals surface area contributed by atoms with Crippen LogP contribution in [0.5, 0.6) is 0 Å². The number of hydrogen-bond acceptors (Lipinski definition) is 6. The van der Waals surface area contributed by atoms with Crippen molar-refractivity contribution in [2.45, 2.75) is 24.8 Å². The van der Waals surface area contributed by atoms with Gasteiger partial charge >= 0.3 is 0 Å². The summed E-state index contributed by atoms with van der Waals surface area (Å²) in [5, 5.41) is 15.9. The molecule has 0 unspecified atom stereocenters. The maximum atomic E-state index is 12.1. The van der Waals surface area contributed by atoms with E-state index < -0.39 is 20.9 Å². The van der Waals surface area contributed by atoms with Crippen LogP contribution in [0.3, 0.4) is 0 Å². The Morgan fingerprint density at radius 3 is 2.23 bits per heavy atom. The number of non-ortho nitro benzene ring substituents is 1. The highest BCUT2D eigenvalue weighted by atomic mass is 32.2. The fourth-order valence-corrected chi connectivity index (χ4v) is 3.76. The first-order valence-electron chi connectivity index (χ1n) is 8.74. The van der Waals surface area contributed by atoms with Gasteiger partial charge in [0, 0.05) is 29.9 Å². The highest BCUT2D eigenvalue weighted by Gasteiger charge is 2.15. The maximum Gasteiger partial charge on any atom is 0.269 e. The quantitative estimate of drug-likeness (QED) is 0.257. The molecule has 0 radical (unpaired) electrons. The van der Waals surface area contributed by atoms with Gasteiger partial charge in [0.1, 0.15) is 0 Å². The van der Waals surface area contributed by atoms with Crippen molar-refractivity contribution in [2.24, 2.45) is 0 Å². The lowest BCUT2D eigenvalue weighted by molar-refractivity contribution is -0.384. The molecule has 3 N–H and O–H groups in total. The number of carbonyl (C=O) groups excluding carboxylic acids is 1. The van der Waals surface area contributed by atoms with Crippen LogP contribution < -0.4 is 15.4 Å². The average molecular weight is 449 g/mol. The summed E-state index contributed by atoms with van der Waals surface area (Å²) < 4.78 is 26.7. The van der Waals surface area contributed by atoms with E-state index in [1.54, 1.807) is 13.8 Å². The van der Waals surface area contributed by atoms with E-state index in [0.717, 1.165) is 0 Å². The second kappa shape index (κ2) is 10.1. The fraction of sp³-hybridized carbons (Fsp3) is 0.158. The number of hydrogen-bond donors (Lipinski definition) is 3. The second-order valence-electron chi connectivity index (χ2n) is 6.43. The molecule has 0 aliphatic rings. The van der Waals surface area contributed by atoms with Gasteiger partial charge in [0.15, 0.2) is 5.11 Å². The summed E-state index contributed by atoms with van der Waals surface area (Å²) in [5.74, 6) is -0.494. The van der Waals surface area contributed by atoms with Gasteiger partial charge in [0.2, 0.25) is 15.9 Å². The standard InChI is InChI=1S/C19H20N4O5S2/c1-13(2)22-30(27,28)17-10-6-15(7-11-17)20-19(29)21-18(24)12-5-14-3-8-16(9-4-14)23(25)26/h3-13,22H,1-2H3,(H2,20,21,24,29)/b12-5+. The Morgan fingerprint density at radius 1 is 1.10 bits per heavy atom. The van der Waals surface area contributed by atoms with Gasteiger partial charge in [-0.2, -0.15) is 0 Å². The first kappa shape index (κ1) is 23.1. The molecule has 0 aliphatic heterocycles. The van der Waals surface area contributed by atoms with E-state index in [2.05, 4.69) is 15.4 Å². The predicted molar refractivity (Wildman–Crippen MR) is 118 cm³/mol. The zero-order chi connectivity index (χ0) is 22.3. The average Bonchev–Trinajstić information content (AvgIpc) is 2.66. The highest BCUT2D eigenvalue weighted by molar-refractivity contribution is 7.89. The van der Waals surface area contributed by atoms with E-state index >= 15 is 0 Å². The summed E-state index contributed by atoms with van der Waals surface area (Å²) in [6.07, 6.45) is 2.73. The molecule has 2 aromatic rings. The second-order valence-corrected chi connectivity index (χ2v) is 8.55. The summed E-state index contributed by atoms with van der Waals surface area (Å²) in [4.78, 5) is 22.2. The van der Waals surface area contributed by atoms with Crippen LogP contribution in [0.1, 0.15) is 19.4 Å². The Kier molecular flexibility index (Phi) is 7.75. The van der Waals surface area contributed by atoms with Crippen molar-refractivity contribution < 1.29 is 18.1 Å². The SMILES string of the molecule is CC(C)NS(=O)(=O)c1ccc(NC(=S)NC(=O)/C=C/c2ccc([N+](=O)[O-])cc2)cc1. The molecule has 0 aromatic heterocycles. The number of sulfonamides is 1. The molecule has 0 atom stereocenters. The Bertz CT molecular complexity index is 1060. The first-order chi connectivity index (χ1) is 14.1. The monoisotopic (exact) mass is 448 g/mol. The van der Waals surface area contributed by atoms with Crippen LogP contribution in [-0.2, 0) is 14.8 Å². The molecular weight excluding hydrogens is 428 g/mol. The molecule has 0 heterocycles. The van der Waals surface area contributed by atoms with E-state index in [9.17, 15) is 23.3 Å². The van der Waals surface area contributed by atoms with Crippen molar-refractivity contribution >= 4 is 50.7 Å². The van der Waals surface area contributed by atoms with Gasteiger partial charge in [-0.15, -0.1) is 0 Å². The smallest absolute Gasteiger partial charge is 0.269 e. The van der Waals surface area contributed by atoms with E-state index in [0.29, 0.717) is 11.3 Å².